The summed E-state index contributed by atoms with van der Waals surface area (Å²) in [6.07, 6.45) is 2.59. The van der Waals surface area contributed by atoms with E-state index >= 15 is 0 Å². The Kier molecular flexibility index (Phi) is 4.19. The van der Waals surface area contributed by atoms with Crippen LogP contribution in [0.3, 0.4) is 0 Å². The highest BCUT2D eigenvalue weighted by atomic mass is 16.5. The van der Waals surface area contributed by atoms with Crippen molar-refractivity contribution in [3.63, 3.8) is 0 Å². The van der Waals surface area contributed by atoms with E-state index in [0.717, 1.165) is 42.2 Å². The molecule has 0 saturated carbocycles. The van der Waals surface area contributed by atoms with Crippen molar-refractivity contribution in [2.24, 2.45) is 0 Å². The van der Waals surface area contributed by atoms with Crippen LogP contribution >= 0.6 is 0 Å². The number of rotatable bonds is 3. The van der Waals surface area contributed by atoms with Gasteiger partial charge in [0, 0.05) is 37.1 Å². The van der Waals surface area contributed by atoms with Gasteiger partial charge in [0.15, 0.2) is 0 Å². The first-order valence-electron chi connectivity index (χ1n) is 8.80. The van der Waals surface area contributed by atoms with Crippen molar-refractivity contribution in [3.8, 4) is 11.3 Å². The minimum atomic E-state index is 0.253. The predicted molar refractivity (Wildman–Crippen MR) is 100 cm³/mol. The van der Waals surface area contributed by atoms with E-state index < -0.39 is 0 Å². The third-order valence-corrected chi connectivity index (χ3v) is 4.68. The molecule has 0 spiro atoms. The molecule has 0 amide bonds. The van der Waals surface area contributed by atoms with Gasteiger partial charge in [0.2, 0.25) is 0 Å². The molecule has 3 heterocycles. The Balaban J connectivity index is 1.75. The average Bonchev–Trinajstić information content (AvgIpc) is 2.93. The molecule has 2 aromatic heterocycles. The lowest BCUT2D eigenvalue weighted by Gasteiger charge is -2.35. The molecule has 1 fully saturated rings. The molecule has 1 aliphatic heterocycles. The molecule has 5 heteroatoms. The number of anilines is 1. The standard InChI is InChI=1S/C20H24N4O/c1-14-11-23(12-15(2)25-14)13-18-20(16-6-8-17(21)9-7-16)22-19-5-3-4-10-24(18)19/h3-10,14-15H,11-13,21H2,1-2H3. The number of aromatic nitrogens is 2. The van der Waals surface area contributed by atoms with Gasteiger partial charge in [0.25, 0.3) is 0 Å². The third-order valence-electron chi connectivity index (χ3n) is 4.68. The van der Waals surface area contributed by atoms with Gasteiger partial charge in [-0.05, 0) is 38.1 Å². The minimum Gasteiger partial charge on any atom is -0.399 e. The second kappa shape index (κ2) is 6.50. The summed E-state index contributed by atoms with van der Waals surface area (Å²) in [5.41, 5.74) is 10.9. The lowest BCUT2D eigenvalue weighted by molar-refractivity contribution is -0.0707. The molecular weight excluding hydrogens is 312 g/mol. The molecule has 4 rings (SSSR count). The van der Waals surface area contributed by atoms with E-state index in [-0.39, 0.29) is 12.2 Å². The van der Waals surface area contributed by atoms with Crippen molar-refractivity contribution >= 4 is 11.3 Å². The van der Waals surface area contributed by atoms with Gasteiger partial charge >= 0.3 is 0 Å². The quantitative estimate of drug-likeness (QED) is 0.746. The highest BCUT2D eigenvalue weighted by molar-refractivity contribution is 5.68. The molecule has 1 aliphatic rings. The van der Waals surface area contributed by atoms with Crippen LogP contribution in [-0.4, -0.2) is 39.6 Å². The maximum absolute atomic E-state index is 5.87. The predicted octanol–water partition coefficient (Wildman–Crippen LogP) is 3.19. The van der Waals surface area contributed by atoms with Crippen molar-refractivity contribution in [2.75, 3.05) is 18.8 Å². The smallest absolute Gasteiger partial charge is 0.137 e. The van der Waals surface area contributed by atoms with Crippen LogP contribution in [0, 0.1) is 0 Å². The monoisotopic (exact) mass is 336 g/mol. The maximum Gasteiger partial charge on any atom is 0.137 e. The number of pyridine rings is 1. The Morgan fingerprint density at radius 1 is 1.08 bits per heavy atom. The Morgan fingerprint density at radius 3 is 2.52 bits per heavy atom. The van der Waals surface area contributed by atoms with E-state index in [1.165, 1.54) is 5.69 Å². The fourth-order valence-electron chi connectivity index (χ4n) is 3.70. The molecule has 1 aromatic carbocycles. The summed E-state index contributed by atoms with van der Waals surface area (Å²) in [5, 5.41) is 0. The number of hydrogen-bond donors (Lipinski definition) is 1. The lowest BCUT2D eigenvalue weighted by Crippen LogP contribution is -2.45. The van der Waals surface area contributed by atoms with Crippen molar-refractivity contribution < 1.29 is 4.74 Å². The summed E-state index contributed by atoms with van der Waals surface area (Å²) in [6, 6.07) is 14.1. The summed E-state index contributed by atoms with van der Waals surface area (Å²) in [6.45, 7) is 7.00. The largest absolute Gasteiger partial charge is 0.399 e. The van der Waals surface area contributed by atoms with Crippen molar-refractivity contribution in [1.82, 2.24) is 14.3 Å². The second-order valence-electron chi connectivity index (χ2n) is 6.91. The topological polar surface area (TPSA) is 55.8 Å². The molecule has 2 atom stereocenters. The molecule has 2 unspecified atom stereocenters. The van der Waals surface area contributed by atoms with E-state index in [9.17, 15) is 0 Å². The van der Waals surface area contributed by atoms with E-state index in [1.54, 1.807) is 0 Å². The number of imidazole rings is 1. The fraction of sp³-hybridized carbons (Fsp3) is 0.350. The maximum atomic E-state index is 5.87. The van der Waals surface area contributed by atoms with Crippen LogP contribution in [0.1, 0.15) is 19.5 Å². The summed E-state index contributed by atoms with van der Waals surface area (Å²) >= 11 is 0. The Labute approximate surface area is 148 Å². The molecule has 25 heavy (non-hydrogen) atoms. The molecule has 1 saturated heterocycles. The van der Waals surface area contributed by atoms with Gasteiger partial charge in [-0.2, -0.15) is 0 Å². The Morgan fingerprint density at radius 2 is 1.80 bits per heavy atom. The number of nitrogen functional groups attached to an aromatic ring is 1. The molecule has 5 nitrogen and oxygen atoms in total. The molecule has 0 radical (unpaired) electrons. The second-order valence-corrected chi connectivity index (χ2v) is 6.91. The zero-order valence-electron chi connectivity index (χ0n) is 14.7. The van der Waals surface area contributed by atoms with Crippen LogP contribution in [0.2, 0.25) is 0 Å². The minimum absolute atomic E-state index is 0.253. The molecular formula is C20H24N4O. The van der Waals surface area contributed by atoms with Crippen molar-refractivity contribution in [2.45, 2.75) is 32.6 Å². The zero-order chi connectivity index (χ0) is 17.4. The number of morpholine rings is 1. The summed E-state index contributed by atoms with van der Waals surface area (Å²) in [7, 11) is 0. The number of benzene rings is 1. The fourth-order valence-corrected chi connectivity index (χ4v) is 3.70. The van der Waals surface area contributed by atoms with E-state index in [1.807, 2.05) is 30.3 Å². The highest BCUT2D eigenvalue weighted by Gasteiger charge is 2.24. The van der Waals surface area contributed by atoms with Gasteiger partial charge < -0.3 is 14.9 Å². The summed E-state index contributed by atoms with van der Waals surface area (Å²) in [5.74, 6) is 0. The number of fused-ring (bicyclic) bond motifs is 1. The van der Waals surface area contributed by atoms with Gasteiger partial charge in [0.1, 0.15) is 5.65 Å². The first kappa shape index (κ1) is 16.1. The van der Waals surface area contributed by atoms with Gasteiger partial charge in [0.05, 0.1) is 23.6 Å². The van der Waals surface area contributed by atoms with E-state index in [0.29, 0.717) is 0 Å². The molecule has 0 aliphatic carbocycles. The van der Waals surface area contributed by atoms with E-state index in [4.69, 9.17) is 15.5 Å². The highest BCUT2D eigenvalue weighted by Crippen LogP contribution is 2.27. The van der Waals surface area contributed by atoms with Crippen LogP contribution in [-0.2, 0) is 11.3 Å². The van der Waals surface area contributed by atoms with Crippen LogP contribution in [0.15, 0.2) is 48.7 Å². The van der Waals surface area contributed by atoms with Gasteiger partial charge in [-0.25, -0.2) is 4.98 Å². The van der Waals surface area contributed by atoms with E-state index in [2.05, 4.69) is 41.5 Å². The van der Waals surface area contributed by atoms with Crippen LogP contribution in [0.4, 0.5) is 5.69 Å². The SMILES string of the molecule is CC1CN(Cc2c(-c3ccc(N)cc3)nc3ccccn23)CC(C)O1. The summed E-state index contributed by atoms with van der Waals surface area (Å²) in [4.78, 5) is 7.33. The third kappa shape index (κ3) is 3.25. The van der Waals surface area contributed by atoms with Crippen LogP contribution < -0.4 is 5.73 Å². The average molecular weight is 336 g/mol. The van der Waals surface area contributed by atoms with Gasteiger partial charge in [-0.1, -0.05) is 18.2 Å². The Hall–Kier alpha value is -2.37. The number of hydrogen-bond acceptors (Lipinski definition) is 4. The van der Waals surface area contributed by atoms with Crippen molar-refractivity contribution in [1.29, 1.82) is 0 Å². The zero-order valence-corrected chi connectivity index (χ0v) is 14.7. The first-order valence-corrected chi connectivity index (χ1v) is 8.80. The molecule has 130 valence electrons. The number of ether oxygens (including phenoxy) is 1. The molecule has 2 N–H and O–H groups in total. The molecule has 0 bridgehead atoms. The normalized spacial score (nSPS) is 21.7. The summed E-state index contributed by atoms with van der Waals surface area (Å²) < 4.78 is 8.06. The first-order chi connectivity index (χ1) is 12.1. The number of nitrogens with two attached hydrogens (primary N) is 1. The molecule has 3 aromatic rings. The van der Waals surface area contributed by atoms with Crippen LogP contribution in [0.5, 0.6) is 0 Å². The Bertz CT molecular complexity index is 861. The van der Waals surface area contributed by atoms with Gasteiger partial charge in [-0.3, -0.25) is 4.90 Å². The lowest BCUT2D eigenvalue weighted by atomic mass is 10.1. The van der Waals surface area contributed by atoms with Crippen LogP contribution in [0.25, 0.3) is 16.9 Å². The van der Waals surface area contributed by atoms with Crippen molar-refractivity contribution in [3.05, 3.63) is 54.4 Å². The van der Waals surface area contributed by atoms with Gasteiger partial charge in [-0.15, -0.1) is 0 Å². The number of nitrogens with zero attached hydrogens (tertiary/aromatic N) is 3.